The smallest absolute Gasteiger partial charge is 0.195 e. The van der Waals surface area contributed by atoms with Gasteiger partial charge < -0.3 is 15.0 Å². The Labute approximate surface area is 106 Å². The SMILES string of the molecule is COCCNCc1cnc(-c2ncc(C)cn2)[nH]1. The Morgan fingerprint density at radius 2 is 2.00 bits per heavy atom. The van der Waals surface area contributed by atoms with Gasteiger partial charge in [-0.05, 0) is 12.5 Å². The summed E-state index contributed by atoms with van der Waals surface area (Å²) in [7, 11) is 1.69. The van der Waals surface area contributed by atoms with E-state index in [1.807, 2.05) is 6.92 Å². The first-order chi connectivity index (χ1) is 8.79. The predicted molar refractivity (Wildman–Crippen MR) is 67.9 cm³/mol. The van der Waals surface area contributed by atoms with Gasteiger partial charge in [0.1, 0.15) is 0 Å². The van der Waals surface area contributed by atoms with Gasteiger partial charge in [-0.1, -0.05) is 0 Å². The van der Waals surface area contributed by atoms with Crippen LogP contribution < -0.4 is 5.32 Å². The van der Waals surface area contributed by atoms with Crippen molar-refractivity contribution in [1.82, 2.24) is 25.3 Å². The van der Waals surface area contributed by atoms with Crippen LogP contribution in [0, 0.1) is 6.92 Å². The van der Waals surface area contributed by atoms with Gasteiger partial charge in [-0.2, -0.15) is 0 Å². The van der Waals surface area contributed by atoms with E-state index in [1.165, 1.54) is 0 Å². The molecule has 0 aliphatic carbocycles. The van der Waals surface area contributed by atoms with E-state index < -0.39 is 0 Å². The summed E-state index contributed by atoms with van der Waals surface area (Å²) in [6, 6.07) is 0. The minimum absolute atomic E-state index is 0.615. The molecule has 0 radical (unpaired) electrons. The highest BCUT2D eigenvalue weighted by atomic mass is 16.5. The zero-order chi connectivity index (χ0) is 12.8. The highest BCUT2D eigenvalue weighted by molar-refractivity contribution is 5.42. The lowest BCUT2D eigenvalue weighted by Gasteiger charge is -2.01. The Bertz CT molecular complexity index is 479. The van der Waals surface area contributed by atoms with Crippen LogP contribution in [-0.2, 0) is 11.3 Å². The molecule has 0 amide bonds. The zero-order valence-electron chi connectivity index (χ0n) is 10.6. The van der Waals surface area contributed by atoms with Crippen LogP contribution in [0.3, 0.4) is 0 Å². The highest BCUT2D eigenvalue weighted by Crippen LogP contribution is 2.09. The van der Waals surface area contributed by atoms with Gasteiger partial charge >= 0.3 is 0 Å². The maximum atomic E-state index is 4.96. The molecule has 2 rings (SSSR count). The third-order valence-electron chi connectivity index (χ3n) is 2.42. The van der Waals surface area contributed by atoms with Crippen LogP contribution in [0.5, 0.6) is 0 Å². The number of hydrogen-bond acceptors (Lipinski definition) is 5. The lowest BCUT2D eigenvalue weighted by atomic mass is 10.4. The molecule has 2 aromatic heterocycles. The van der Waals surface area contributed by atoms with Crippen LogP contribution in [0.25, 0.3) is 11.6 Å². The minimum Gasteiger partial charge on any atom is -0.383 e. The van der Waals surface area contributed by atoms with Crippen molar-refractivity contribution in [3.63, 3.8) is 0 Å². The summed E-state index contributed by atoms with van der Waals surface area (Å²) in [4.78, 5) is 15.9. The van der Waals surface area contributed by atoms with Crippen LogP contribution in [0.15, 0.2) is 18.6 Å². The molecule has 0 bridgehead atoms. The molecule has 0 fully saturated rings. The topological polar surface area (TPSA) is 75.7 Å². The summed E-state index contributed by atoms with van der Waals surface area (Å²) < 4.78 is 4.96. The van der Waals surface area contributed by atoms with E-state index in [-0.39, 0.29) is 0 Å². The maximum absolute atomic E-state index is 4.96. The molecule has 2 heterocycles. The van der Waals surface area contributed by atoms with Crippen molar-refractivity contribution < 1.29 is 4.74 Å². The van der Waals surface area contributed by atoms with Crippen LogP contribution >= 0.6 is 0 Å². The van der Waals surface area contributed by atoms with E-state index in [2.05, 4.69) is 25.3 Å². The summed E-state index contributed by atoms with van der Waals surface area (Å²) >= 11 is 0. The molecule has 0 aromatic carbocycles. The number of imidazole rings is 1. The molecule has 6 nitrogen and oxygen atoms in total. The van der Waals surface area contributed by atoms with Gasteiger partial charge in [-0.3, -0.25) is 0 Å². The van der Waals surface area contributed by atoms with E-state index in [0.29, 0.717) is 18.3 Å². The quantitative estimate of drug-likeness (QED) is 0.742. The fourth-order valence-electron chi connectivity index (χ4n) is 1.47. The first-order valence-electron chi connectivity index (χ1n) is 5.82. The molecule has 0 aliphatic rings. The van der Waals surface area contributed by atoms with Crippen LogP contribution in [0.1, 0.15) is 11.3 Å². The number of nitrogens with one attached hydrogen (secondary N) is 2. The molecule has 6 heteroatoms. The van der Waals surface area contributed by atoms with Gasteiger partial charge in [0.15, 0.2) is 11.6 Å². The summed E-state index contributed by atoms with van der Waals surface area (Å²) in [5, 5.41) is 3.24. The molecule has 18 heavy (non-hydrogen) atoms. The van der Waals surface area contributed by atoms with E-state index in [9.17, 15) is 0 Å². The molecule has 0 saturated heterocycles. The van der Waals surface area contributed by atoms with Gasteiger partial charge in [0, 0.05) is 38.3 Å². The second-order valence-electron chi connectivity index (χ2n) is 4.01. The number of hydrogen-bond donors (Lipinski definition) is 2. The van der Waals surface area contributed by atoms with Gasteiger partial charge in [0.05, 0.1) is 12.8 Å². The third-order valence-corrected chi connectivity index (χ3v) is 2.42. The molecule has 96 valence electrons. The zero-order valence-corrected chi connectivity index (χ0v) is 10.6. The summed E-state index contributed by atoms with van der Waals surface area (Å²) in [5.41, 5.74) is 2.04. The standard InChI is InChI=1S/C12H17N5O/c1-9-5-14-11(15-6-9)12-16-8-10(17-12)7-13-3-4-18-2/h5-6,8,13H,3-4,7H2,1-2H3,(H,16,17). The largest absolute Gasteiger partial charge is 0.383 e. The Balaban J connectivity index is 1.95. The molecule has 2 N–H and O–H groups in total. The van der Waals surface area contributed by atoms with E-state index in [4.69, 9.17) is 4.74 Å². The summed E-state index contributed by atoms with van der Waals surface area (Å²) in [6.07, 6.45) is 5.35. The fraction of sp³-hybridized carbons (Fsp3) is 0.417. The summed E-state index contributed by atoms with van der Waals surface area (Å²) in [5.74, 6) is 1.31. The average Bonchev–Trinajstić information content (AvgIpc) is 2.84. The number of aromatic amines is 1. The molecular formula is C12H17N5O. The number of aryl methyl sites for hydroxylation is 1. The Morgan fingerprint density at radius 3 is 2.72 bits per heavy atom. The Kier molecular flexibility index (Phi) is 4.38. The normalized spacial score (nSPS) is 10.8. The maximum Gasteiger partial charge on any atom is 0.195 e. The number of H-pyrrole nitrogens is 1. The molecule has 0 spiro atoms. The monoisotopic (exact) mass is 247 g/mol. The number of methoxy groups -OCH3 is 1. The lowest BCUT2D eigenvalue weighted by molar-refractivity contribution is 0.199. The second-order valence-corrected chi connectivity index (χ2v) is 4.01. The highest BCUT2D eigenvalue weighted by Gasteiger charge is 2.05. The van der Waals surface area contributed by atoms with Crippen molar-refractivity contribution in [2.45, 2.75) is 13.5 Å². The van der Waals surface area contributed by atoms with Gasteiger partial charge in [-0.15, -0.1) is 0 Å². The fourth-order valence-corrected chi connectivity index (χ4v) is 1.47. The van der Waals surface area contributed by atoms with Gasteiger partial charge in [0.25, 0.3) is 0 Å². The number of ether oxygens (including phenoxy) is 1. The summed E-state index contributed by atoms with van der Waals surface area (Å²) in [6.45, 7) is 4.19. The van der Waals surface area contributed by atoms with Crippen molar-refractivity contribution in [1.29, 1.82) is 0 Å². The van der Waals surface area contributed by atoms with Gasteiger partial charge in [-0.25, -0.2) is 15.0 Å². The Hall–Kier alpha value is -1.79. The van der Waals surface area contributed by atoms with Crippen molar-refractivity contribution in [2.24, 2.45) is 0 Å². The molecule has 0 aliphatic heterocycles. The average molecular weight is 247 g/mol. The van der Waals surface area contributed by atoms with Crippen LogP contribution in [-0.4, -0.2) is 40.2 Å². The predicted octanol–water partition coefficient (Wildman–Crippen LogP) is 0.911. The number of aromatic nitrogens is 4. The van der Waals surface area contributed by atoms with E-state index in [1.54, 1.807) is 25.7 Å². The van der Waals surface area contributed by atoms with E-state index in [0.717, 1.165) is 24.3 Å². The number of nitrogens with zero attached hydrogens (tertiary/aromatic N) is 3. The molecule has 0 saturated carbocycles. The van der Waals surface area contributed by atoms with Gasteiger partial charge in [0.2, 0.25) is 0 Å². The van der Waals surface area contributed by atoms with Crippen molar-refractivity contribution in [3.05, 3.63) is 29.8 Å². The first kappa shape index (κ1) is 12.7. The minimum atomic E-state index is 0.615. The van der Waals surface area contributed by atoms with E-state index >= 15 is 0 Å². The van der Waals surface area contributed by atoms with Crippen molar-refractivity contribution in [3.8, 4) is 11.6 Å². The molecule has 0 unspecified atom stereocenters. The van der Waals surface area contributed by atoms with Crippen LogP contribution in [0.4, 0.5) is 0 Å². The molecular weight excluding hydrogens is 230 g/mol. The number of rotatable bonds is 6. The van der Waals surface area contributed by atoms with Crippen molar-refractivity contribution >= 4 is 0 Å². The Morgan fingerprint density at radius 1 is 1.22 bits per heavy atom. The third kappa shape index (κ3) is 3.35. The molecule has 0 atom stereocenters. The lowest BCUT2D eigenvalue weighted by Crippen LogP contribution is -2.18. The second kappa shape index (κ2) is 6.23. The first-order valence-corrected chi connectivity index (χ1v) is 5.82. The molecule has 2 aromatic rings. The van der Waals surface area contributed by atoms with Crippen LogP contribution in [0.2, 0.25) is 0 Å². The van der Waals surface area contributed by atoms with Crippen molar-refractivity contribution in [2.75, 3.05) is 20.3 Å².